The number of nitro groups is 1. The second-order valence-corrected chi connectivity index (χ2v) is 7.74. The van der Waals surface area contributed by atoms with E-state index >= 15 is 0 Å². The van der Waals surface area contributed by atoms with Gasteiger partial charge in [0.25, 0.3) is 5.69 Å². The summed E-state index contributed by atoms with van der Waals surface area (Å²) in [6.07, 6.45) is 0. The van der Waals surface area contributed by atoms with Crippen molar-refractivity contribution in [1.29, 1.82) is 0 Å². The Hall–Kier alpha value is -1.77. The molecule has 8 heteroatoms. The summed E-state index contributed by atoms with van der Waals surface area (Å²) in [7, 11) is -3.68. The van der Waals surface area contributed by atoms with Crippen LogP contribution in [0.2, 0.25) is 0 Å². The first kappa shape index (κ1) is 15.6. The minimum atomic E-state index is -3.68. The van der Waals surface area contributed by atoms with Gasteiger partial charge in [-0.05, 0) is 37.6 Å². The first-order chi connectivity index (χ1) is 9.79. The van der Waals surface area contributed by atoms with Crippen LogP contribution >= 0.6 is 11.3 Å². The molecule has 0 unspecified atom stereocenters. The maximum Gasteiger partial charge on any atom is 0.269 e. The lowest BCUT2D eigenvalue weighted by molar-refractivity contribution is -0.384. The number of nitrogens with zero attached hydrogens (tertiary/aromatic N) is 1. The molecule has 0 saturated heterocycles. The first-order valence-electron chi connectivity index (χ1n) is 6.09. The second-order valence-electron chi connectivity index (χ2n) is 4.51. The van der Waals surface area contributed by atoms with Gasteiger partial charge in [-0.3, -0.25) is 10.1 Å². The number of thiophene rings is 1. The van der Waals surface area contributed by atoms with Crippen molar-refractivity contribution in [2.75, 3.05) is 0 Å². The molecule has 1 heterocycles. The lowest BCUT2D eigenvalue weighted by Gasteiger charge is -2.06. The van der Waals surface area contributed by atoms with Crippen LogP contribution in [0.1, 0.15) is 15.3 Å². The molecule has 6 nitrogen and oxygen atoms in total. The van der Waals surface area contributed by atoms with E-state index in [-0.39, 0.29) is 17.1 Å². The van der Waals surface area contributed by atoms with Gasteiger partial charge in [-0.1, -0.05) is 0 Å². The van der Waals surface area contributed by atoms with Crippen molar-refractivity contribution < 1.29 is 13.3 Å². The van der Waals surface area contributed by atoms with Crippen LogP contribution in [0, 0.1) is 24.0 Å². The van der Waals surface area contributed by atoms with E-state index in [9.17, 15) is 18.5 Å². The highest BCUT2D eigenvalue weighted by molar-refractivity contribution is 7.89. The first-order valence-corrected chi connectivity index (χ1v) is 8.39. The van der Waals surface area contributed by atoms with E-state index in [1.807, 2.05) is 19.9 Å². The standard InChI is InChI=1S/C13H14N2O4S2/c1-9-7-11(10(2)20-9)8-14-21(18,19)13-5-3-12(4-6-13)15(16)17/h3-7,14H,8H2,1-2H3. The monoisotopic (exact) mass is 326 g/mol. The number of nitrogens with one attached hydrogen (secondary N) is 1. The Morgan fingerprint density at radius 2 is 1.86 bits per heavy atom. The van der Waals surface area contributed by atoms with E-state index in [2.05, 4.69) is 4.72 Å². The molecule has 0 aliphatic carbocycles. The summed E-state index contributed by atoms with van der Waals surface area (Å²) in [5.41, 5.74) is 0.793. The molecule has 1 aromatic carbocycles. The fraction of sp³-hybridized carbons (Fsp3) is 0.231. The molecule has 1 N–H and O–H groups in total. The topological polar surface area (TPSA) is 89.3 Å². The SMILES string of the molecule is Cc1cc(CNS(=O)(=O)c2ccc([N+](=O)[O-])cc2)c(C)s1. The maximum absolute atomic E-state index is 12.1. The average molecular weight is 326 g/mol. The Morgan fingerprint density at radius 1 is 1.24 bits per heavy atom. The fourth-order valence-corrected chi connectivity index (χ4v) is 3.82. The molecule has 0 amide bonds. The van der Waals surface area contributed by atoms with Gasteiger partial charge in [0.05, 0.1) is 9.82 Å². The number of nitro benzene ring substituents is 1. The van der Waals surface area contributed by atoms with Gasteiger partial charge in [0.15, 0.2) is 0 Å². The zero-order chi connectivity index (χ0) is 15.6. The van der Waals surface area contributed by atoms with Crippen LogP contribution < -0.4 is 4.72 Å². The predicted molar refractivity (Wildman–Crippen MR) is 80.9 cm³/mol. The molecule has 0 bridgehead atoms. The van der Waals surface area contributed by atoms with Crippen LogP contribution in [-0.4, -0.2) is 13.3 Å². The largest absolute Gasteiger partial charge is 0.269 e. The molecular weight excluding hydrogens is 312 g/mol. The Labute approximate surface area is 126 Å². The van der Waals surface area contributed by atoms with Gasteiger partial charge in [-0.25, -0.2) is 13.1 Å². The Bertz CT molecular complexity index is 764. The number of rotatable bonds is 5. The van der Waals surface area contributed by atoms with Gasteiger partial charge in [-0.15, -0.1) is 11.3 Å². The van der Waals surface area contributed by atoms with E-state index in [1.54, 1.807) is 11.3 Å². The molecular formula is C13H14N2O4S2. The summed E-state index contributed by atoms with van der Waals surface area (Å²) in [6.45, 7) is 4.11. The predicted octanol–water partition coefficient (Wildman–Crippen LogP) is 2.75. The summed E-state index contributed by atoms with van der Waals surface area (Å²) < 4.78 is 26.8. The summed E-state index contributed by atoms with van der Waals surface area (Å²) in [6, 6.07) is 6.75. The maximum atomic E-state index is 12.1. The number of hydrogen-bond donors (Lipinski definition) is 1. The molecule has 0 spiro atoms. The molecule has 1 aromatic heterocycles. The minimum absolute atomic E-state index is 0.0118. The molecule has 0 radical (unpaired) electrons. The Balaban J connectivity index is 2.14. The zero-order valence-electron chi connectivity index (χ0n) is 11.5. The van der Waals surface area contributed by atoms with Crippen molar-refractivity contribution in [1.82, 2.24) is 4.72 Å². The Kier molecular flexibility index (Phi) is 4.40. The average Bonchev–Trinajstić information content (AvgIpc) is 2.75. The minimum Gasteiger partial charge on any atom is -0.258 e. The van der Waals surface area contributed by atoms with Crippen molar-refractivity contribution in [2.24, 2.45) is 0 Å². The molecule has 21 heavy (non-hydrogen) atoms. The normalized spacial score (nSPS) is 11.5. The van der Waals surface area contributed by atoms with Gasteiger partial charge in [0.1, 0.15) is 0 Å². The number of hydrogen-bond acceptors (Lipinski definition) is 5. The van der Waals surface area contributed by atoms with E-state index in [0.29, 0.717) is 0 Å². The number of benzene rings is 1. The van der Waals surface area contributed by atoms with E-state index in [4.69, 9.17) is 0 Å². The zero-order valence-corrected chi connectivity index (χ0v) is 13.1. The van der Waals surface area contributed by atoms with Gasteiger partial charge in [0, 0.05) is 28.4 Å². The molecule has 0 aliphatic rings. The molecule has 112 valence electrons. The third-order valence-corrected chi connectivity index (χ3v) is 5.38. The van der Waals surface area contributed by atoms with E-state index in [1.165, 1.54) is 24.3 Å². The van der Waals surface area contributed by atoms with Crippen LogP contribution in [0.25, 0.3) is 0 Å². The molecule has 2 aromatic rings. The van der Waals surface area contributed by atoms with Crippen molar-refractivity contribution in [3.63, 3.8) is 0 Å². The van der Waals surface area contributed by atoms with Gasteiger partial charge >= 0.3 is 0 Å². The third-order valence-electron chi connectivity index (χ3n) is 2.95. The number of sulfonamides is 1. The van der Waals surface area contributed by atoms with Crippen molar-refractivity contribution in [3.8, 4) is 0 Å². The quantitative estimate of drug-likeness (QED) is 0.676. The van der Waals surface area contributed by atoms with Crippen LogP contribution in [-0.2, 0) is 16.6 Å². The van der Waals surface area contributed by atoms with Crippen LogP contribution in [0.15, 0.2) is 35.2 Å². The highest BCUT2D eigenvalue weighted by atomic mass is 32.2. The smallest absolute Gasteiger partial charge is 0.258 e. The van der Waals surface area contributed by atoms with Crippen molar-refractivity contribution in [3.05, 3.63) is 55.8 Å². The molecule has 0 aliphatic heterocycles. The molecule has 0 atom stereocenters. The van der Waals surface area contributed by atoms with Crippen LogP contribution in [0.5, 0.6) is 0 Å². The van der Waals surface area contributed by atoms with Gasteiger partial charge in [-0.2, -0.15) is 0 Å². The summed E-state index contributed by atoms with van der Waals surface area (Å²) in [5, 5.41) is 10.6. The van der Waals surface area contributed by atoms with Crippen molar-refractivity contribution in [2.45, 2.75) is 25.3 Å². The Morgan fingerprint density at radius 3 is 2.33 bits per heavy atom. The number of non-ortho nitro benzene ring substituents is 1. The molecule has 0 fully saturated rings. The van der Waals surface area contributed by atoms with Crippen LogP contribution in [0.4, 0.5) is 5.69 Å². The summed E-state index contributed by atoms with van der Waals surface area (Å²) >= 11 is 1.61. The second kappa shape index (κ2) is 5.92. The third kappa shape index (κ3) is 3.66. The van der Waals surface area contributed by atoms with Crippen molar-refractivity contribution >= 4 is 27.0 Å². The summed E-state index contributed by atoms with van der Waals surface area (Å²) in [4.78, 5) is 12.2. The van der Waals surface area contributed by atoms with Gasteiger partial charge in [0.2, 0.25) is 10.0 Å². The number of aryl methyl sites for hydroxylation is 2. The fourth-order valence-electron chi connectivity index (χ4n) is 1.86. The van der Waals surface area contributed by atoms with Crippen LogP contribution in [0.3, 0.4) is 0 Å². The van der Waals surface area contributed by atoms with E-state index in [0.717, 1.165) is 15.3 Å². The summed E-state index contributed by atoms with van der Waals surface area (Å²) in [5.74, 6) is 0. The lowest BCUT2D eigenvalue weighted by atomic mass is 10.2. The van der Waals surface area contributed by atoms with E-state index < -0.39 is 14.9 Å². The lowest BCUT2D eigenvalue weighted by Crippen LogP contribution is -2.23. The molecule has 0 saturated carbocycles. The highest BCUT2D eigenvalue weighted by Crippen LogP contribution is 2.21. The highest BCUT2D eigenvalue weighted by Gasteiger charge is 2.16. The molecule has 2 rings (SSSR count). The van der Waals surface area contributed by atoms with Gasteiger partial charge < -0.3 is 0 Å².